The molecule has 0 aliphatic heterocycles. The van der Waals surface area contributed by atoms with Crippen LogP contribution >= 0.6 is 11.6 Å². The van der Waals surface area contributed by atoms with E-state index in [1.54, 1.807) is 42.6 Å². The van der Waals surface area contributed by atoms with Gasteiger partial charge in [0.2, 0.25) is 5.89 Å². The van der Waals surface area contributed by atoms with E-state index in [0.717, 1.165) is 11.3 Å². The van der Waals surface area contributed by atoms with E-state index >= 15 is 0 Å². The molecule has 0 unspecified atom stereocenters. The van der Waals surface area contributed by atoms with Gasteiger partial charge in [0.25, 0.3) is 5.91 Å². The van der Waals surface area contributed by atoms with Gasteiger partial charge in [-0.25, -0.2) is 4.98 Å². The molecule has 1 aromatic heterocycles. The number of carbonyl (C=O) groups excluding carboxylic acids is 1. The molecule has 1 N–H and O–H groups in total. The second-order valence-corrected chi connectivity index (χ2v) is 6.93. The zero-order valence-electron chi connectivity index (χ0n) is 16.3. The van der Waals surface area contributed by atoms with Crippen LogP contribution in [0.15, 0.2) is 83.4 Å². The lowest BCUT2D eigenvalue weighted by molar-refractivity contribution is 0.102. The van der Waals surface area contributed by atoms with E-state index in [-0.39, 0.29) is 5.91 Å². The quantitative estimate of drug-likeness (QED) is 0.398. The van der Waals surface area contributed by atoms with Crippen molar-refractivity contribution in [1.82, 2.24) is 4.98 Å². The van der Waals surface area contributed by atoms with E-state index in [2.05, 4.69) is 10.3 Å². The maximum Gasteiger partial charge on any atom is 0.256 e. The van der Waals surface area contributed by atoms with E-state index < -0.39 is 0 Å². The molecular formula is C24H19ClN2O3. The average molecular weight is 419 g/mol. The molecular weight excluding hydrogens is 400 g/mol. The van der Waals surface area contributed by atoms with Crippen LogP contribution in [0.5, 0.6) is 5.75 Å². The molecule has 1 amide bonds. The summed E-state index contributed by atoms with van der Waals surface area (Å²) in [5.41, 5.74) is 2.61. The summed E-state index contributed by atoms with van der Waals surface area (Å²) in [6.07, 6.45) is 1.65. The fourth-order valence-corrected chi connectivity index (χ4v) is 3.14. The number of ether oxygens (including phenoxy) is 1. The van der Waals surface area contributed by atoms with Crippen molar-refractivity contribution in [2.24, 2.45) is 0 Å². The van der Waals surface area contributed by atoms with Crippen LogP contribution in [-0.4, -0.2) is 17.5 Å². The lowest BCUT2D eigenvalue weighted by Gasteiger charge is -2.08. The second-order valence-electron chi connectivity index (χ2n) is 6.49. The molecule has 5 nitrogen and oxygen atoms in total. The normalized spacial score (nSPS) is 10.6. The molecule has 30 heavy (non-hydrogen) atoms. The van der Waals surface area contributed by atoms with Crippen molar-refractivity contribution in [2.75, 3.05) is 11.9 Å². The minimum Gasteiger partial charge on any atom is -0.494 e. The van der Waals surface area contributed by atoms with Gasteiger partial charge in [-0.1, -0.05) is 23.7 Å². The zero-order chi connectivity index (χ0) is 20.9. The molecule has 0 saturated carbocycles. The summed E-state index contributed by atoms with van der Waals surface area (Å²) < 4.78 is 11.4. The van der Waals surface area contributed by atoms with Gasteiger partial charge in [-0.2, -0.15) is 0 Å². The minimum absolute atomic E-state index is 0.256. The lowest BCUT2D eigenvalue weighted by Crippen LogP contribution is -2.13. The molecule has 0 fully saturated rings. The van der Waals surface area contributed by atoms with Crippen molar-refractivity contribution < 1.29 is 13.9 Å². The molecule has 4 aromatic rings. The zero-order valence-corrected chi connectivity index (χ0v) is 17.0. The Balaban J connectivity index is 1.59. The van der Waals surface area contributed by atoms with Gasteiger partial charge in [-0.15, -0.1) is 0 Å². The summed E-state index contributed by atoms with van der Waals surface area (Å²) in [5, 5.41) is 3.48. The van der Waals surface area contributed by atoms with E-state index in [1.165, 1.54) is 0 Å². The van der Waals surface area contributed by atoms with Crippen molar-refractivity contribution in [3.05, 3.63) is 89.6 Å². The summed E-state index contributed by atoms with van der Waals surface area (Å²) in [6, 6.07) is 21.7. The highest BCUT2D eigenvalue weighted by Crippen LogP contribution is 2.29. The number of hydrogen-bond acceptors (Lipinski definition) is 4. The smallest absolute Gasteiger partial charge is 0.256 e. The fourth-order valence-electron chi connectivity index (χ4n) is 3.01. The minimum atomic E-state index is -0.256. The SMILES string of the molecule is CCOc1ccc(-c2cnc(-c3ccccc3C(=O)Nc3ccc(Cl)cc3)o2)cc1. The van der Waals surface area contributed by atoms with E-state index in [9.17, 15) is 4.79 Å². The third-order valence-corrected chi connectivity index (χ3v) is 4.71. The lowest BCUT2D eigenvalue weighted by atomic mass is 10.1. The molecule has 4 rings (SSSR count). The van der Waals surface area contributed by atoms with E-state index in [1.807, 2.05) is 43.3 Å². The Kier molecular flexibility index (Phi) is 5.82. The molecule has 0 spiro atoms. The number of carbonyl (C=O) groups is 1. The number of anilines is 1. The number of benzene rings is 3. The number of nitrogens with zero attached hydrogens (tertiary/aromatic N) is 1. The summed E-state index contributed by atoms with van der Waals surface area (Å²) >= 11 is 5.91. The van der Waals surface area contributed by atoms with Gasteiger partial charge in [0, 0.05) is 21.8 Å². The predicted octanol–water partition coefficient (Wildman–Crippen LogP) is 6.31. The maximum atomic E-state index is 12.8. The summed E-state index contributed by atoms with van der Waals surface area (Å²) in [4.78, 5) is 17.2. The van der Waals surface area contributed by atoms with Gasteiger partial charge in [-0.05, 0) is 67.6 Å². The first-order valence-corrected chi connectivity index (χ1v) is 9.87. The highest BCUT2D eigenvalue weighted by molar-refractivity contribution is 6.30. The average Bonchev–Trinajstić information content (AvgIpc) is 3.26. The van der Waals surface area contributed by atoms with Crippen LogP contribution in [0.25, 0.3) is 22.8 Å². The van der Waals surface area contributed by atoms with Crippen molar-refractivity contribution in [3.8, 4) is 28.5 Å². The molecule has 0 saturated heterocycles. The highest BCUT2D eigenvalue weighted by atomic mass is 35.5. The van der Waals surface area contributed by atoms with Crippen LogP contribution in [-0.2, 0) is 0 Å². The summed E-state index contributed by atoms with van der Waals surface area (Å²) in [6.45, 7) is 2.55. The van der Waals surface area contributed by atoms with Crippen molar-refractivity contribution in [2.45, 2.75) is 6.92 Å². The van der Waals surface area contributed by atoms with Gasteiger partial charge in [-0.3, -0.25) is 4.79 Å². The van der Waals surface area contributed by atoms with Crippen LogP contribution in [0.1, 0.15) is 17.3 Å². The Hall–Kier alpha value is -3.57. The van der Waals surface area contributed by atoms with E-state index in [0.29, 0.717) is 40.1 Å². The largest absolute Gasteiger partial charge is 0.494 e. The molecule has 0 aliphatic rings. The standard InChI is InChI=1S/C24H19ClN2O3/c1-2-29-19-13-7-16(8-14-19)22-15-26-24(30-22)21-6-4-3-5-20(21)23(28)27-18-11-9-17(25)10-12-18/h3-15H,2H2,1H3,(H,27,28). The molecule has 6 heteroatoms. The number of aromatic nitrogens is 1. The first-order chi connectivity index (χ1) is 14.6. The fraction of sp³-hybridized carbons (Fsp3) is 0.0833. The number of oxazole rings is 1. The highest BCUT2D eigenvalue weighted by Gasteiger charge is 2.17. The monoisotopic (exact) mass is 418 g/mol. The third kappa shape index (κ3) is 4.36. The van der Waals surface area contributed by atoms with Gasteiger partial charge < -0.3 is 14.5 Å². The van der Waals surface area contributed by atoms with Crippen LogP contribution in [0, 0.1) is 0 Å². The molecule has 0 aliphatic carbocycles. The van der Waals surface area contributed by atoms with Crippen LogP contribution in [0.4, 0.5) is 5.69 Å². The van der Waals surface area contributed by atoms with Crippen molar-refractivity contribution in [1.29, 1.82) is 0 Å². The Morgan fingerprint density at radius 3 is 2.50 bits per heavy atom. The van der Waals surface area contributed by atoms with Crippen LogP contribution in [0.3, 0.4) is 0 Å². The molecule has 3 aromatic carbocycles. The number of hydrogen-bond donors (Lipinski definition) is 1. The topological polar surface area (TPSA) is 64.4 Å². The van der Waals surface area contributed by atoms with Gasteiger partial charge in [0.15, 0.2) is 5.76 Å². The maximum absolute atomic E-state index is 12.8. The van der Waals surface area contributed by atoms with Crippen molar-refractivity contribution >= 4 is 23.2 Å². The first kappa shape index (κ1) is 19.7. The van der Waals surface area contributed by atoms with Crippen LogP contribution in [0.2, 0.25) is 5.02 Å². The number of halogens is 1. The Morgan fingerprint density at radius 1 is 1.03 bits per heavy atom. The predicted molar refractivity (Wildman–Crippen MR) is 118 cm³/mol. The Bertz CT molecular complexity index is 1150. The second kappa shape index (κ2) is 8.84. The number of nitrogens with one attached hydrogen (secondary N) is 1. The molecule has 150 valence electrons. The van der Waals surface area contributed by atoms with Gasteiger partial charge in [0.05, 0.1) is 18.4 Å². The summed E-state index contributed by atoms with van der Waals surface area (Å²) in [5.74, 6) is 1.53. The third-order valence-electron chi connectivity index (χ3n) is 4.46. The first-order valence-electron chi connectivity index (χ1n) is 9.49. The van der Waals surface area contributed by atoms with Crippen molar-refractivity contribution in [3.63, 3.8) is 0 Å². The number of amides is 1. The Morgan fingerprint density at radius 2 is 1.77 bits per heavy atom. The van der Waals surface area contributed by atoms with Gasteiger partial charge >= 0.3 is 0 Å². The number of rotatable bonds is 6. The molecule has 0 radical (unpaired) electrons. The molecule has 0 atom stereocenters. The van der Waals surface area contributed by atoms with Gasteiger partial charge in [0.1, 0.15) is 5.75 Å². The van der Waals surface area contributed by atoms with E-state index in [4.69, 9.17) is 20.8 Å². The van der Waals surface area contributed by atoms with Crippen LogP contribution < -0.4 is 10.1 Å². The summed E-state index contributed by atoms with van der Waals surface area (Å²) in [7, 11) is 0. The molecule has 0 bridgehead atoms. The Labute approximate surface area is 179 Å². The molecule has 1 heterocycles.